The zero-order valence-electron chi connectivity index (χ0n) is 12.9. The van der Waals surface area contributed by atoms with Gasteiger partial charge in [-0.25, -0.2) is 22.4 Å². The van der Waals surface area contributed by atoms with Gasteiger partial charge in [0.2, 0.25) is 0 Å². The number of rotatable bonds is 5. The van der Waals surface area contributed by atoms with E-state index in [1.807, 2.05) is 6.92 Å². The number of fused-ring (bicyclic) bond motifs is 1. The molecule has 0 amide bonds. The first kappa shape index (κ1) is 16.4. The van der Waals surface area contributed by atoms with Crippen LogP contribution in [0.2, 0.25) is 0 Å². The third kappa shape index (κ3) is 3.09. The summed E-state index contributed by atoms with van der Waals surface area (Å²) in [6, 6.07) is 8.16. The Balaban J connectivity index is 1.99. The topological polar surface area (TPSA) is 123 Å². The number of nitrogens with two attached hydrogens (primary N) is 1. The molecule has 3 aromatic rings. The average molecular weight is 347 g/mol. The molecule has 126 valence electrons. The van der Waals surface area contributed by atoms with Crippen LogP contribution >= 0.6 is 0 Å². The first-order chi connectivity index (χ1) is 11.4. The van der Waals surface area contributed by atoms with Crippen LogP contribution in [0, 0.1) is 6.92 Å². The van der Waals surface area contributed by atoms with Crippen LogP contribution in [0.15, 0.2) is 47.6 Å². The van der Waals surface area contributed by atoms with Crippen molar-refractivity contribution in [2.75, 3.05) is 11.9 Å². The van der Waals surface area contributed by atoms with E-state index >= 15 is 0 Å². The molecule has 0 aliphatic carbocycles. The van der Waals surface area contributed by atoms with Gasteiger partial charge < -0.3 is 16.2 Å². The summed E-state index contributed by atoms with van der Waals surface area (Å²) in [6.45, 7) is 2.00. The van der Waals surface area contributed by atoms with E-state index in [4.69, 9.17) is 10.8 Å². The molecule has 1 unspecified atom stereocenters. The molecule has 0 aliphatic heterocycles. The van der Waals surface area contributed by atoms with E-state index in [2.05, 4.69) is 15.3 Å². The normalized spacial score (nSPS) is 13.1. The summed E-state index contributed by atoms with van der Waals surface area (Å²) in [7, 11) is -3.74. The molecule has 0 aliphatic rings. The van der Waals surface area contributed by atoms with Crippen molar-refractivity contribution in [1.29, 1.82) is 0 Å². The Morgan fingerprint density at radius 1 is 1.29 bits per heavy atom. The number of aliphatic hydroxyl groups is 1. The van der Waals surface area contributed by atoms with Crippen LogP contribution in [-0.2, 0) is 10.0 Å². The van der Waals surface area contributed by atoms with E-state index < -0.39 is 16.3 Å². The number of aromatic nitrogens is 3. The predicted molar refractivity (Wildman–Crippen MR) is 90.0 cm³/mol. The van der Waals surface area contributed by atoms with Crippen LogP contribution in [0.3, 0.4) is 0 Å². The van der Waals surface area contributed by atoms with Crippen molar-refractivity contribution in [2.24, 2.45) is 5.73 Å². The minimum Gasteiger partial charge on any atom is -0.377 e. The van der Waals surface area contributed by atoms with Crippen LogP contribution in [0.5, 0.6) is 0 Å². The molecule has 0 spiro atoms. The second-order valence-corrected chi connectivity index (χ2v) is 7.16. The quantitative estimate of drug-likeness (QED) is 0.579. The van der Waals surface area contributed by atoms with E-state index in [0.29, 0.717) is 11.3 Å². The third-order valence-corrected chi connectivity index (χ3v) is 5.11. The molecule has 9 heteroatoms. The van der Waals surface area contributed by atoms with Gasteiger partial charge in [0.05, 0.1) is 17.6 Å². The average Bonchev–Trinajstić information content (AvgIpc) is 2.97. The van der Waals surface area contributed by atoms with Crippen molar-refractivity contribution in [3.05, 3.63) is 48.3 Å². The van der Waals surface area contributed by atoms with Crippen molar-refractivity contribution in [2.45, 2.75) is 18.0 Å². The van der Waals surface area contributed by atoms with Gasteiger partial charge in [-0.1, -0.05) is 17.7 Å². The fourth-order valence-electron chi connectivity index (χ4n) is 2.20. The lowest BCUT2D eigenvalue weighted by molar-refractivity contribution is 0.195. The van der Waals surface area contributed by atoms with E-state index in [1.54, 1.807) is 30.3 Å². The number of nitrogens with one attached hydrogen (secondary N) is 1. The molecular formula is C15H17N5O3S. The lowest BCUT2D eigenvalue weighted by Crippen LogP contribution is -2.28. The van der Waals surface area contributed by atoms with Crippen molar-refractivity contribution in [3.8, 4) is 0 Å². The fourth-order valence-corrected chi connectivity index (χ4v) is 3.50. The van der Waals surface area contributed by atoms with Gasteiger partial charge in [-0.05, 0) is 25.1 Å². The second-order valence-electron chi connectivity index (χ2n) is 5.34. The minimum absolute atomic E-state index is 0.114. The number of nitrogens with zero attached hydrogens (tertiary/aromatic N) is 3. The molecule has 24 heavy (non-hydrogen) atoms. The Labute approximate surface area is 139 Å². The number of aryl methyl sites for hydroxylation is 1. The first-order valence-electron chi connectivity index (χ1n) is 7.22. The monoisotopic (exact) mass is 347 g/mol. The van der Waals surface area contributed by atoms with Crippen molar-refractivity contribution in [3.63, 3.8) is 0 Å². The summed E-state index contributed by atoms with van der Waals surface area (Å²) in [5, 5.41) is 11.9. The van der Waals surface area contributed by atoms with Crippen molar-refractivity contribution in [1.82, 2.24) is 13.9 Å². The Hall–Kier alpha value is -2.49. The highest BCUT2D eigenvalue weighted by Crippen LogP contribution is 2.21. The first-order valence-corrected chi connectivity index (χ1v) is 8.66. The van der Waals surface area contributed by atoms with Crippen LogP contribution in [-0.4, -0.2) is 40.2 Å². The van der Waals surface area contributed by atoms with Gasteiger partial charge in [0.15, 0.2) is 5.65 Å². The summed E-state index contributed by atoms with van der Waals surface area (Å²) >= 11 is 0. The highest BCUT2D eigenvalue weighted by Gasteiger charge is 2.20. The zero-order chi connectivity index (χ0) is 17.3. The summed E-state index contributed by atoms with van der Waals surface area (Å²) in [4.78, 5) is 8.61. The number of anilines is 1. The van der Waals surface area contributed by atoms with Crippen LogP contribution in [0.1, 0.15) is 5.56 Å². The molecule has 8 nitrogen and oxygen atoms in total. The van der Waals surface area contributed by atoms with E-state index in [0.717, 1.165) is 9.54 Å². The molecule has 3 rings (SSSR count). The van der Waals surface area contributed by atoms with Gasteiger partial charge in [0, 0.05) is 6.20 Å². The summed E-state index contributed by atoms with van der Waals surface area (Å²) < 4.78 is 26.6. The van der Waals surface area contributed by atoms with Gasteiger partial charge in [0.25, 0.3) is 10.0 Å². The molecule has 0 fully saturated rings. The Morgan fingerprint density at radius 3 is 2.67 bits per heavy atom. The lowest BCUT2D eigenvalue weighted by Gasteiger charge is -2.09. The van der Waals surface area contributed by atoms with Gasteiger partial charge in [-0.15, -0.1) is 0 Å². The number of benzene rings is 1. The van der Waals surface area contributed by atoms with Crippen molar-refractivity contribution >= 4 is 27.0 Å². The third-order valence-electron chi connectivity index (χ3n) is 3.43. The summed E-state index contributed by atoms with van der Waals surface area (Å²) in [5.41, 5.74) is 6.88. The smallest absolute Gasteiger partial charge is 0.269 e. The van der Waals surface area contributed by atoms with E-state index in [1.165, 1.54) is 12.4 Å². The van der Waals surface area contributed by atoms with E-state index in [9.17, 15) is 8.42 Å². The molecule has 0 bridgehead atoms. The lowest BCUT2D eigenvalue weighted by atomic mass is 10.2. The van der Waals surface area contributed by atoms with Crippen LogP contribution in [0.25, 0.3) is 11.2 Å². The molecule has 1 atom stereocenters. The van der Waals surface area contributed by atoms with Crippen LogP contribution < -0.4 is 11.1 Å². The summed E-state index contributed by atoms with van der Waals surface area (Å²) in [5.74, 6) is 0.400. The maximum Gasteiger partial charge on any atom is 0.269 e. The minimum atomic E-state index is -3.74. The number of hydrogen-bond acceptors (Lipinski definition) is 7. The molecule has 0 saturated heterocycles. The Kier molecular flexibility index (Phi) is 4.22. The standard InChI is InChI=1S/C15H17N5O3S/c1-10-2-4-11(5-3-10)24(22,23)20-7-6-12-15(20)18-9-14(19-12)17-8-13(16)21/h2-7,9,13,21H,8,16H2,1H3,(H,17,19). The van der Waals surface area contributed by atoms with Gasteiger partial charge >= 0.3 is 0 Å². The molecule has 4 N–H and O–H groups in total. The maximum absolute atomic E-state index is 12.8. The van der Waals surface area contributed by atoms with Crippen LogP contribution in [0.4, 0.5) is 5.82 Å². The molecule has 1 aromatic carbocycles. The largest absolute Gasteiger partial charge is 0.377 e. The highest BCUT2D eigenvalue weighted by atomic mass is 32.2. The molecular weight excluding hydrogens is 330 g/mol. The maximum atomic E-state index is 12.8. The van der Waals surface area contributed by atoms with Gasteiger partial charge in [0.1, 0.15) is 17.6 Å². The zero-order valence-corrected chi connectivity index (χ0v) is 13.7. The second kappa shape index (κ2) is 6.19. The molecule has 2 aromatic heterocycles. The number of hydrogen-bond donors (Lipinski definition) is 3. The van der Waals surface area contributed by atoms with Gasteiger partial charge in [-0.3, -0.25) is 0 Å². The molecule has 2 heterocycles. The van der Waals surface area contributed by atoms with Gasteiger partial charge in [-0.2, -0.15) is 0 Å². The molecule has 0 saturated carbocycles. The van der Waals surface area contributed by atoms with Crippen molar-refractivity contribution < 1.29 is 13.5 Å². The summed E-state index contributed by atoms with van der Waals surface area (Å²) in [6.07, 6.45) is 1.79. The Morgan fingerprint density at radius 2 is 2.00 bits per heavy atom. The SMILES string of the molecule is Cc1ccc(S(=O)(=O)n2ccc3nc(NCC(N)O)cnc32)cc1. The number of aliphatic hydroxyl groups excluding tert-OH is 1. The fraction of sp³-hybridized carbons (Fsp3) is 0.200. The Bertz CT molecular complexity index is 964. The molecule has 0 radical (unpaired) electrons. The highest BCUT2D eigenvalue weighted by molar-refractivity contribution is 7.90. The predicted octanol–water partition coefficient (Wildman–Crippen LogP) is 0.666. The van der Waals surface area contributed by atoms with E-state index in [-0.39, 0.29) is 17.1 Å².